The SMILES string of the molecule is COc1cc(OC)c(NC(=O)COC(=O)Cc2ccccc2C)cc1Cl. The van der Waals surface area contributed by atoms with Crippen molar-refractivity contribution in [2.45, 2.75) is 13.3 Å². The number of rotatable bonds is 7. The van der Waals surface area contributed by atoms with Crippen molar-refractivity contribution in [3.8, 4) is 11.5 Å². The third-order valence-corrected chi connectivity index (χ3v) is 4.00. The number of carbonyl (C=O) groups excluding carboxylic acids is 2. The Morgan fingerprint density at radius 2 is 1.77 bits per heavy atom. The zero-order valence-electron chi connectivity index (χ0n) is 14.8. The first-order valence-corrected chi connectivity index (χ1v) is 8.24. The van der Waals surface area contributed by atoms with Crippen molar-refractivity contribution in [2.75, 3.05) is 26.1 Å². The summed E-state index contributed by atoms with van der Waals surface area (Å²) in [4.78, 5) is 24.0. The highest BCUT2D eigenvalue weighted by Crippen LogP contribution is 2.35. The highest BCUT2D eigenvalue weighted by atomic mass is 35.5. The van der Waals surface area contributed by atoms with Crippen LogP contribution in [-0.2, 0) is 20.7 Å². The van der Waals surface area contributed by atoms with E-state index in [-0.39, 0.29) is 6.42 Å². The molecule has 1 N–H and O–H groups in total. The quantitative estimate of drug-likeness (QED) is 0.749. The molecule has 0 bridgehead atoms. The van der Waals surface area contributed by atoms with Gasteiger partial charge in [-0.15, -0.1) is 0 Å². The number of benzene rings is 2. The van der Waals surface area contributed by atoms with E-state index in [2.05, 4.69) is 5.32 Å². The van der Waals surface area contributed by atoms with Gasteiger partial charge in [0.05, 0.1) is 31.4 Å². The maximum atomic E-state index is 12.1. The molecule has 6 nitrogen and oxygen atoms in total. The molecule has 0 aliphatic carbocycles. The molecule has 0 spiro atoms. The third kappa shape index (κ3) is 5.13. The zero-order valence-corrected chi connectivity index (χ0v) is 15.6. The highest BCUT2D eigenvalue weighted by molar-refractivity contribution is 6.32. The fourth-order valence-electron chi connectivity index (χ4n) is 2.31. The van der Waals surface area contributed by atoms with Gasteiger partial charge in [-0.05, 0) is 24.1 Å². The number of hydrogen-bond acceptors (Lipinski definition) is 5. The molecular weight excluding hydrogens is 358 g/mol. The van der Waals surface area contributed by atoms with Crippen LogP contribution >= 0.6 is 11.6 Å². The third-order valence-electron chi connectivity index (χ3n) is 3.71. The number of ether oxygens (including phenoxy) is 3. The lowest BCUT2D eigenvalue weighted by atomic mass is 10.1. The van der Waals surface area contributed by atoms with E-state index in [1.54, 1.807) is 6.07 Å². The molecule has 0 heterocycles. The minimum atomic E-state index is -0.498. The van der Waals surface area contributed by atoms with Crippen LogP contribution in [0.3, 0.4) is 0 Å². The topological polar surface area (TPSA) is 73.9 Å². The van der Waals surface area contributed by atoms with Gasteiger partial charge in [0, 0.05) is 6.07 Å². The monoisotopic (exact) mass is 377 g/mol. The van der Waals surface area contributed by atoms with Crippen LogP contribution in [-0.4, -0.2) is 32.7 Å². The second-order valence-corrected chi connectivity index (χ2v) is 5.91. The summed E-state index contributed by atoms with van der Waals surface area (Å²) >= 11 is 6.06. The Balaban J connectivity index is 1.94. The van der Waals surface area contributed by atoms with Crippen molar-refractivity contribution in [3.05, 3.63) is 52.5 Å². The van der Waals surface area contributed by atoms with Crippen LogP contribution in [0.1, 0.15) is 11.1 Å². The summed E-state index contributed by atoms with van der Waals surface area (Å²) in [5.74, 6) is -0.172. The van der Waals surface area contributed by atoms with E-state index in [1.165, 1.54) is 20.3 Å². The Kier molecular flexibility index (Phi) is 6.86. The van der Waals surface area contributed by atoms with Crippen LogP contribution in [0.25, 0.3) is 0 Å². The van der Waals surface area contributed by atoms with Gasteiger partial charge in [-0.25, -0.2) is 0 Å². The van der Waals surface area contributed by atoms with Crippen LogP contribution in [0.2, 0.25) is 5.02 Å². The molecule has 0 aliphatic rings. The van der Waals surface area contributed by atoms with Crippen molar-refractivity contribution in [1.82, 2.24) is 0 Å². The van der Waals surface area contributed by atoms with Gasteiger partial charge < -0.3 is 19.5 Å². The van der Waals surface area contributed by atoms with Gasteiger partial charge >= 0.3 is 5.97 Å². The fraction of sp³-hybridized carbons (Fsp3) is 0.263. The molecule has 0 saturated heterocycles. The maximum absolute atomic E-state index is 12.1. The van der Waals surface area contributed by atoms with Crippen molar-refractivity contribution < 1.29 is 23.8 Å². The highest BCUT2D eigenvalue weighted by Gasteiger charge is 2.14. The Labute approximate surface area is 157 Å². The van der Waals surface area contributed by atoms with Crippen LogP contribution in [0, 0.1) is 6.92 Å². The average molecular weight is 378 g/mol. The number of hydrogen-bond donors (Lipinski definition) is 1. The predicted octanol–water partition coefficient (Wildman–Crippen LogP) is 3.39. The zero-order chi connectivity index (χ0) is 19.1. The first-order valence-electron chi connectivity index (χ1n) is 7.86. The Morgan fingerprint density at radius 3 is 2.42 bits per heavy atom. The standard InChI is InChI=1S/C19H20ClNO5/c1-12-6-4-5-7-13(12)8-19(23)26-11-18(22)21-15-9-14(20)16(24-2)10-17(15)25-3/h4-7,9-10H,8,11H2,1-3H3,(H,21,22). The Morgan fingerprint density at radius 1 is 1.08 bits per heavy atom. The predicted molar refractivity (Wildman–Crippen MR) is 99.0 cm³/mol. The van der Waals surface area contributed by atoms with Gasteiger partial charge in [0.1, 0.15) is 11.5 Å². The van der Waals surface area contributed by atoms with Gasteiger partial charge in [0.15, 0.2) is 6.61 Å². The van der Waals surface area contributed by atoms with Crippen LogP contribution in [0.15, 0.2) is 36.4 Å². The molecule has 0 aliphatic heterocycles. The number of halogens is 1. The van der Waals surface area contributed by atoms with Crippen LogP contribution < -0.4 is 14.8 Å². The summed E-state index contributed by atoms with van der Waals surface area (Å²) in [5, 5.41) is 2.92. The summed E-state index contributed by atoms with van der Waals surface area (Å²) in [7, 11) is 2.94. The number of anilines is 1. The Hall–Kier alpha value is -2.73. The molecule has 0 radical (unpaired) electrons. The molecule has 7 heteroatoms. The van der Waals surface area contributed by atoms with Crippen molar-refractivity contribution in [2.24, 2.45) is 0 Å². The number of methoxy groups -OCH3 is 2. The molecule has 0 saturated carbocycles. The summed E-state index contributed by atoms with van der Waals surface area (Å²) in [6.45, 7) is 1.51. The Bertz CT molecular complexity index is 807. The first kappa shape index (κ1) is 19.6. The van der Waals surface area contributed by atoms with Crippen molar-refractivity contribution >= 4 is 29.2 Å². The molecule has 0 atom stereocenters. The lowest BCUT2D eigenvalue weighted by Gasteiger charge is -2.13. The maximum Gasteiger partial charge on any atom is 0.310 e. The molecule has 2 rings (SSSR count). The number of nitrogens with one attached hydrogen (secondary N) is 1. The van der Waals surface area contributed by atoms with E-state index in [1.807, 2.05) is 31.2 Å². The van der Waals surface area contributed by atoms with Gasteiger partial charge in [-0.2, -0.15) is 0 Å². The smallest absolute Gasteiger partial charge is 0.310 e. The number of carbonyl (C=O) groups is 2. The minimum absolute atomic E-state index is 0.109. The van der Waals surface area contributed by atoms with Gasteiger partial charge in [0.2, 0.25) is 0 Å². The first-order chi connectivity index (χ1) is 12.4. The van der Waals surface area contributed by atoms with E-state index in [4.69, 9.17) is 25.8 Å². The molecule has 1 amide bonds. The lowest BCUT2D eigenvalue weighted by molar-refractivity contribution is -0.146. The number of aryl methyl sites for hydroxylation is 1. The number of esters is 1. The summed E-state index contributed by atoms with van der Waals surface area (Å²) in [6, 6.07) is 10.6. The van der Waals surface area contributed by atoms with Crippen LogP contribution in [0.4, 0.5) is 5.69 Å². The van der Waals surface area contributed by atoms with Gasteiger partial charge in [0.25, 0.3) is 5.91 Å². The minimum Gasteiger partial charge on any atom is -0.495 e. The molecule has 0 aromatic heterocycles. The second kappa shape index (κ2) is 9.10. The molecule has 0 fully saturated rings. The van der Waals surface area contributed by atoms with E-state index in [0.717, 1.165) is 11.1 Å². The van der Waals surface area contributed by atoms with E-state index in [0.29, 0.717) is 22.2 Å². The van der Waals surface area contributed by atoms with E-state index < -0.39 is 18.5 Å². The van der Waals surface area contributed by atoms with E-state index >= 15 is 0 Å². The normalized spacial score (nSPS) is 10.2. The van der Waals surface area contributed by atoms with Gasteiger partial charge in [-0.3, -0.25) is 9.59 Å². The fourth-order valence-corrected chi connectivity index (χ4v) is 2.55. The second-order valence-electron chi connectivity index (χ2n) is 5.50. The van der Waals surface area contributed by atoms with Crippen molar-refractivity contribution in [1.29, 1.82) is 0 Å². The average Bonchev–Trinajstić information content (AvgIpc) is 2.62. The molecule has 138 valence electrons. The molecule has 2 aromatic rings. The van der Waals surface area contributed by atoms with Crippen molar-refractivity contribution in [3.63, 3.8) is 0 Å². The van der Waals surface area contributed by atoms with E-state index in [9.17, 15) is 9.59 Å². The lowest BCUT2D eigenvalue weighted by Crippen LogP contribution is -2.22. The summed E-state index contributed by atoms with van der Waals surface area (Å²) in [5.41, 5.74) is 2.21. The molecule has 26 heavy (non-hydrogen) atoms. The molecule has 0 unspecified atom stereocenters. The molecular formula is C19H20ClNO5. The van der Waals surface area contributed by atoms with Gasteiger partial charge in [-0.1, -0.05) is 35.9 Å². The largest absolute Gasteiger partial charge is 0.495 e. The number of amides is 1. The molecule has 2 aromatic carbocycles. The van der Waals surface area contributed by atoms with Crippen LogP contribution in [0.5, 0.6) is 11.5 Å². The summed E-state index contributed by atoms with van der Waals surface area (Å²) < 4.78 is 15.3. The summed E-state index contributed by atoms with van der Waals surface area (Å²) in [6.07, 6.45) is 0.109.